The molecule has 3 heteroatoms. The van der Waals surface area contributed by atoms with E-state index in [0.717, 1.165) is 25.9 Å². The highest BCUT2D eigenvalue weighted by molar-refractivity contribution is 5.79. The lowest BCUT2D eigenvalue weighted by Crippen LogP contribution is -2.46. The molecule has 0 aliphatic carbocycles. The summed E-state index contributed by atoms with van der Waals surface area (Å²) < 4.78 is 0. The molecule has 0 bridgehead atoms. The Balaban J connectivity index is 1.97. The van der Waals surface area contributed by atoms with Gasteiger partial charge in [0.15, 0.2) is 0 Å². The fraction of sp³-hybridized carbons (Fsp3) is 0.929. The van der Waals surface area contributed by atoms with E-state index in [1.165, 1.54) is 25.7 Å². The Morgan fingerprint density at radius 2 is 2.00 bits per heavy atom. The van der Waals surface area contributed by atoms with Crippen LogP contribution in [-0.4, -0.2) is 36.0 Å². The van der Waals surface area contributed by atoms with Crippen LogP contribution >= 0.6 is 0 Å². The van der Waals surface area contributed by atoms with Crippen LogP contribution in [0.4, 0.5) is 0 Å². The molecule has 3 unspecified atom stereocenters. The van der Waals surface area contributed by atoms with E-state index in [-0.39, 0.29) is 5.92 Å². The lowest BCUT2D eigenvalue weighted by atomic mass is 9.91. The van der Waals surface area contributed by atoms with E-state index >= 15 is 0 Å². The third-order valence-corrected chi connectivity index (χ3v) is 4.31. The second kappa shape index (κ2) is 5.85. The third-order valence-electron chi connectivity index (χ3n) is 4.31. The van der Waals surface area contributed by atoms with Crippen LogP contribution in [0, 0.1) is 5.92 Å². The highest BCUT2D eigenvalue weighted by atomic mass is 16.2. The number of carbonyl (C=O) groups excluding carboxylic acids is 1. The second-order valence-electron chi connectivity index (χ2n) is 5.81. The largest absolute Gasteiger partial charge is 0.340 e. The normalized spacial score (nSPS) is 35.4. The average molecular weight is 238 g/mol. The summed E-state index contributed by atoms with van der Waals surface area (Å²) in [7, 11) is 0. The van der Waals surface area contributed by atoms with Crippen molar-refractivity contribution in [3.8, 4) is 0 Å². The number of piperidine rings is 1. The van der Waals surface area contributed by atoms with Crippen molar-refractivity contribution in [3.63, 3.8) is 0 Å². The van der Waals surface area contributed by atoms with Crippen LogP contribution in [0.5, 0.6) is 0 Å². The van der Waals surface area contributed by atoms with Crippen molar-refractivity contribution in [1.29, 1.82) is 0 Å². The van der Waals surface area contributed by atoms with Gasteiger partial charge in [-0.15, -0.1) is 0 Å². The van der Waals surface area contributed by atoms with Crippen LogP contribution in [0.1, 0.15) is 52.4 Å². The van der Waals surface area contributed by atoms with E-state index in [9.17, 15) is 4.79 Å². The SMILES string of the molecule is CC1CC(C(=O)N2CCCCCC2C)CCN1. The molecule has 2 fully saturated rings. The molecule has 1 N–H and O–H groups in total. The fourth-order valence-corrected chi connectivity index (χ4v) is 3.19. The number of carbonyl (C=O) groups is 1. The standard InChI is InChI=1S/C14H26N2O/c1-11-10-13(7-8-15-11)14(17)16-9-5-3-4-6-12(16)2/h11-13,15H,3-10H2,1-2H3. The Labute approximate surface area is 105 Å². The van der Waals surface area contributed by atoms with Crippen LogP contribution in [0.3, 0.4) is 0 Å². The number of nitrogens with one attached hydrogen (secondary N) is 1. The van der Waals surface area contributed by atoms with Gasteiger partial charge in [0.1, 0.15) is 0 Å². The predicted octanol–water partition coefficient (Wildman–Crippen LogP) is 2.17. The molecule has 2 saturated heterocycles. The maximum atomic E-state index is 12.6. The summed E-state index contributed by atoms with van der Waals surface area (Å²) >= 11 is 0. The molecule has 0 aromatic heterocycles. The smallest absolute Gasteiger partial charge is 0.226 e. The molecular weight excluding hydrogens is 212 g/mol. The number of rotatable bonds is 1. The molecule has 0 aromatic rings. The highest BCUT2D eigenvalue weighted by Crippen LogP contribution is 2.23. The molecule has 0 saturated carbocycles. The summed E-state index contributed by atoms with van der Waals surface area (Å²) in [5.74, 6) is 0.694. The van der Waals surface area contributed by atoms with Gasteiger partial charge in [-0.05, 0) is 46.1 Å². The number of amides is 1. The molecule has 0 aromatic carbocycles. The topological polar surface area (TPSA) is 32.3 Å². The van der Waals surface area contributed by atoms with Crippen LogP contribution in [0.25, 0.3) is 0 Å². The van der Waals surface area contributed by atoms with Gasteiger partial charge in [0.25, 0.3) is 0 Å². The van der Waals surface area contributed by atoms with E-state index in [1.54, 1.807) is 0 Å². The predicted molar refractivity (Wildman–Crippen MR) is 69.8 cm³/mol. The van der Waals surface area contributed by atoms with Gasteiger partial charge in [0, 0.05) is 24.5 Å². The average Bonchev–Trinajstić information content (AvgIpc) is 2.53. The first-order valence-corrected chi connectivity index (χ1v) is 7.22. The van der Waals surface area contributed by atoms with Gasteiger partial charge in [0.2, 0.25) is 5.91 Å². The first-order valence-electron chi connectivity index (χ1n) is 7.22. The molecule has 2 aliphatic heterocycles. The highest BCUT2D eigenvalue weighted by Gasteiger charge is 2.31. The fourth-order valence-electron chi connectivity index (χ4n) is 3.19. The van der Waals surface area contributed by atoms with Gasteiger partial charge in [-0.1, -0.05) is 12.8 Å². The van der Waals surface area contributed by atoms with Crippen molar-refractivity contribution in [2.45, 2.75) is 64.5 Å². The first-order chi connectivity index (χ1) is 8.18. The lowest BCUT2D eigenvalue weighted by molar-refractivity contribution is -0.138. The maximum absolute atomic E-state index is 12.6. The number of nitrogens with zero attached hydrogens (tertiary/aromatic N) is 1. The Bertz CT molecular complexity index is 267. The minimum absolute atomic E-state index is 0.270. The first kappa shape index (κ1) is 12.9. The Morgan fingerprint density at radius 3 is 2.76 bits per heavy atom. The van der Waals surface area contributed by atoms with E-state index < -0.39 is 0 Å². The molecule has 1 amide bonds. The summed E-state index contributed by atoms with van der Waals surface area (Å²) in [6.45, 7) is 6.39. The molecule has 98 valence electrons. The Kier molecular flexibility index (Phi) is 4.43. The van der Waals surface area contributed by atoms with Crippen LogP contribution in [0.15, 0.2) is 0 Å². The van der Waals surface area contributed by atoms with Crippen molar-refractivity contribution in [1.82, 2.24) is 10.2 Å². The van der Waals surface area contributed by atoms with E-state index in [0.29, 0.717) is 18.0 Å². The Hall–Kier alpha value is -0.570. The molecule has 0 spiro atoms. The minimum atomic E-state index is 0.270. The van der Waals surface area contributed by atoms with E-state index in [2.05, 4.69) is 24.1 Å². The summed E-state index contributed by atoms with van der Waals surface area (Å²) in [5.41, 5.74) is 0. The lowest BCUT2D eigenvalue weighted by Gasteiger charge is -2.34. The molecule has 3 atom stereocenters. The number of likely N-dealkylation sites (tertiary alicyclic amines) is 1. The van der Waals surface area contributed by atoms with Gasteiger partial charge in [0.05, 0.1) is 0 Å². The van der Waals surface area contributed by atoms with Gasteiger partial charge in [-0.25, -0.2) is 0 Å². The quantitative estimate of drug-likeness (QED) is 0.759. The summed E-state index contributed by atoms with van der Waals surface area (Å²) in [6.07, 6.45) is 6.99. The molecule has 3 nitrogen and oxygen atoms in total. The van der Waals surface area contributed by atoms with Gasteiger partial charge < -0.3 is 10.2 Å². The van der Waals surface area contributed by atoms with Crippen molar-refractivity contribution in [3.05, 3.63) is 0 Å². The summed E-state index contributed by atoms with van der Waals surface area (Å²) in [6, 6.07) is 0.954. The van der Waals surface area contributed by atoms with Crippen LogP contribution < -0.4 is 5.32 Å². The zero-order valence-electron chi connectivity index (χ0n) is 11.2. The van der Waals surface area contributed by atoms with Crippen molar-refractivity contribution < 1.29 is 4.79 Å². The molecule has 0 radical (unpaired) electrons. The zero-order chi connectivity index (χ0) is 12.3. The van der Waals surface area contributed by atoms with Crippen molar-refractivity contribution >= 4 is 5.91 Å². The summed E-state index contributed by atoms with van der Waals surface area (Å²) in [4.78, 5) is 14.7. The minimum Gasteiger partial charge on any atom is -0.340 e. The maximum Gasteiger partial charge on any atom is 0.226 e. The van der Waals surface area contributed by atoms with E-state index in [4.69, 9.17) is 0 Å². The zero-order valence-corrected chi connectivity index (χ0v) is 11.2. The number of hydrogen-bond acceptors (Lipinski definition) is 2. The Morgan fingerprint density at radius 1 is 1.18 bits per heavy atom. The van der Waals surface area contributed by atoms with Gasteiger partial charge in [-0.3, -0.25) is 4.79 Å². The molecule has 2 rings (SSSR count). The molecular formula is C14H26N2O. The van der Waals surface area contributed by atoms with Crippen molar-refractivity contribution in [2.24, 2.45) is 5.92 Å². The van der Waals surface area contributed by atoms with Crippen molar-refractivity contribution in [2.75, 3.05) is 13.1 Å². The monoisotopic (exact) mass is 238 g/mol. The second-order valence-corrected chi connectivity index (χ2v) is 5.81. The molecule has 17 heavy (non-hydrogen) atoms. The molecule has 2 aliphatic rings. The van der Waals surface area contributed by atoms with Gasteiger partial charge in [-0.2, -0.15) is 0 Å². The molecule has 2 heterocycles. The van der Waals surface area contributed by atoms with E-state index in [1.807, 2.05) is 0 Å². The third kappa shape index (κ3) is 3.21. The number of hydrogen-bond donors (Lipinski definition) is 1. The summed E-state index contributed by atoms with van der Waals surface area (Å²) in [5, 5.41) is 3.42. The van der Waals surface area contributed by atoms with Crippen LogP contribution in [0.2, 0.25) is 0 Å². The van der Waals surface area contributed by atoms with Crippen LogP contribution in [-0.2, 0) is 4.79 Å². The van der Waals surface area contributed by atoms with Gasteiger partial charge >= 0.3 is 0 Å².